The van der Waals surface area contributed by atoms with Crippen LogP contribution < -0.4 is 5.73 Å². The van der Waals surface area contributed by atoms with E-state index in [1.807, 2.05) is 0 Å². The number of esters is 1. The summed E-state index contributed by atoms with van der Waals surface area (Å²) in [5, 5.41) is 0. The van der Waals surface area contributed by atoms with Crippen LogP contribution in [0.1, 0.15) is 149 Å². The van der Waals surface area contributed by atoms with Gasteiger partial charge < -0.3 is 20.1 Å². The molecular formula is C36H68NO7P. The lowest BCUT2D eigenvalue weighted by Gasteiger charge is -2.20. The smallest absolute Gasteiger partial charge is 0.457 e. The summed E-state index contributed by atoms with van der Waals surface area (Å²) >= 11 is 0. The number of hydrogen-bond acceptors (Lipinski definition) is 7. The van der Waals surface area contributed by atoms with Gasteiger partial charge in [-0.25, -0.2) is 4.57 Å². The van der Waals surface area contributed by atoms with Crippen molar-refractivity contribution in [2.24, 2.45) is 5.73 Å². The Balaban J connectivity index is 4.15. The minimum Gasteiger partial charge on any atom is -0.457 e. The molecule has 45 heavy (non-hydrogen) atoms. The van der Waals surface area contributed by atoms with Crippen molar-refractivity contribution >= 4 is 13.8 Å². The zero-order valence-electron chi connectivity index (χ0n) is 28.8. The van der Waals surface area contributed by atoms with Gasteiger partial charge in [0.2, 0.25) is 0 Å². The van der Waals surface area contributed by atoms with Crippen LogP contribution in [-0.2, 0) is 27.9 Å². The lowest BCUT2D eigenvalue weighted by molar-refractivity contribution is -0.154. The molecule has 9 heteroatoms. The van der Waals surface area contributed by atoms with Gasteiger partial charge in [0.25, 0.3) is 0 Å². The van der Waals surface area contributed by atoms with Gasteiger partial charge in [-0.2, -0.15) is 0 Å². The Hall–Kier alpha value is -1.28. The number of phosphoric acid groups is 1. The van der Waals surface area contributed by atoms with E-state index < -0.39 is 13.9 Å². The van der Waals surface area contributed by atoms with E-state index in [9.17, 15) is 14.3 Å². The highest BCUT2D eigenvalue weighted by Crippen LogP contribution is 2.43. The zero-order chi connectivity index (χ0) is 33.1. The average molecular weight is 658 g/mol. The summed E-state index contributed by atoms with van der Waals surface area (Å²) < 4.78 is 33.2. The number of ether oxygens (including phenoxy) is 2. The van der Waals surface area contributed by atoms with E-state index in [1.54, 1.807) is 0 Å². The Morgan fingerprint density at radius 1 is 0.667 bits per heavy atom. The van der Waals surface area contributed by atoms with Crippen LogP contribution in [-0.4, -0.2) is 49.9 Å². The molecule has 0 aliphatic carbocycles. The highest BCUT2D eigenvalue weighted by Gasteiger charge is 2.25. The number of hydrogen-bond donors (Lipinski definition) is 2. The molecule has 0 aromatic heterocycles. The highest BCUT2D eigenvalue weighted by atomic mass is 31.2. The predicted molar refractivity (Wildman–Crippen MR) is 187 cm³/mol. The van der Waals surface area contributed by atoms with Gasteiger partial charge in [0.05, 0.1) is 19.8 Å². The summed E-state index contributed by atoms with van der Waals surface area (Å²) in [6.45, 7) is 4.79. The molecular weight excluding hydrogens is 589 g/mol. The van der Waals surface area contributed by atoms with Gasteiger partial charge >= 0.3 is 13.8 Å². The van der Waals surface area contributed by atoms with Crippen molar-refractivity contribution in [3.63, 3.8) is 0 Å². The molecule has 3 N–H and O–H groups in total. The van der Waals surface area contributed by atoms with E-state index in [0.717, 1.165) is 57.8 Å². The van der Waals surface area contributed by atoms with Gasteiger partial charge in [-0.05, 0) is 64.2 Å². The van der Waals surface area contributed by atoms with E-state index in [0.29, 0.717) is 13.0 Å². The third kappa shape index (κ3) is 33.9. The topological polar surface area (TPSA) is 117 Å². The maximum Gasteiger partial charge on any atom is 0.472 e. The third-order valence-electron chi connectivity index (χ3n) is 7.26. The SMILES string of the molecule is CCC/C=C\CCCCCCCCOCC(COP(=O)(O)OCCN)OC(=O)CCCCCCC/C=C\C/C=C\CCCCC. The molecule has 0 rings (SSSR count). The van der Waals surface area contributed by atoms with Crippen molar-refractivity contribution in [2.45, 2.75) is 155 Å². The number of allylic oxidation sites excluding steroid dienone is 6. The number of nitrogens with two attached hydrogens (primary N) is 1. The van der Waals surface area contributed by atoms with Crippen LogP contribution in [0.3, 0.4) is 0 Å². The molecule has 264 valence electrons. The summed E-state index contributed by atoms with van der Waals surface area (Å²) in [6.07, 6.45) is 35.8. The van der Waals surface area contributed by atoms with Gasteiger partial charge in [-0.1, -0.05) is 115 Å². The van der Waals surface area contributed by atoms with E-state index in [2.05, 4.69) is 50.3 Å². The quantitative estimate of drug-likeness (QED) is 0.0304. The molecule has 0 aromatic rings. The van der Waals surface area contributed by atoms with Crippen molar-refractivity contribution in [2.75, 3.05) is 33.0 Å². The Bertz CT molecular complexity index is 787. The standard InChI is InChI=1S/C36H68NO7P/c1-3-5-7-9-11-13-15-16-17-18-19-21-23-25-27-29-36(38)44-35(34-43-45(39,40)42-32-30-37)33-41-31-28-26-24-22-20-14-12-10-8-6-4-2/h8,10-11,13,16-17,35H,3-7,9,12,14-15,18-34,37H2,1-2H3,(H,39,40)/b10-8-,13-11-,17-16-. The molecule has 0 aliphatic rings. The van der Waals surface area contributed by atoms with Crippen LogP contribution in [0, 0.1) is 0 Å². The van der Waals surface area contributed by atoms with E-state index in [1.165, 1.54) is 70.6 Å². The molecule has 0 spiro atoms. The first-order chi connectivity index (χ1) is 21.9. The Labute approximate surface area is 276 Å². The molecule has 2 unspecified atom stereocenters. The molecule has 0 aliphatic heterocycles. The average Bonchev–Trinajstić information content (AvgIpc) is 3.02. The number of rotatable bonds is 34. The third-order valence-corrected chi connectivity index (χ3v) is 8.24. The fourth-order valence-corrected chi connectivity index (χ4v) is 5.38. The maximum absolute atomic E-state index is 12.5. The molecule has 0 radical (unpaired) electrons. The summed E-state index contributed by atoms with van der Waals surface area (Å²) in [5.74, 6) is -0.349. The van der Waals surface area contributed by atoms with Crippen molar-refractivity contribution in [3.05, 3.63) is 36.5 Å². The van der Waals surface area contributed by atoms with E-state index in [-0.39, 0.29) is 32.3 Å². The van der Waals surface area contributed by atoms with Gasteiger partial charge in [0.15, 0.2) is 0 Å². The molecule has 0 saturated carbocycles. The minimum atomic E-state index is -4.27. The summed E-state index contributed by atoms with van der Waals surface area (Å²) in [5.41, 5.74) is 5.34. The summed E-state index contributed by atoms with van der Waals surface area (Å²) in [6, 6.07) is 0. The molecule has 0 bridgehead atoms. The first kappa shape index (κ1) is 43.7. The van der Waals surface area contributed by atoms with Crippen LogP contribution in [0.15, 0.2) is 36.5 Å². The second-order valence-electron chi connectivity index (χ2n) is 11.7. The van der Waals surface area contributed by atoms with Crippen molar-refractivity contribution < 1.29 is 32.8 Å². The van der Waals surface area contributed by atoms with Crippen LogP contribution in [0.25, 0.3) is 0 Å². The Kier molecular flexibility index (Phi) is 33.1. The lowest BCUT2D eigenvalue weighted by Crippen LogP contribution is -2.28. The zero-order valence-corrected chi connectivity index (χ0v) is 29.7. The molecule has 0 heterocycles. The van der Waals surface area contributed by atoms with Crippen molar-refractivity contribution in [3.8, 4) is 0 Å². The minimum absolute atomic E-state index is 0.0962. The second-order valence-corrected chi connectivity index (χ2v) is 13.2. The van der Waals surface area contributed by atoms with E-state index in [4.69, 9.17) is 24.3 Å². The van der Waals surface area contributed by atoms with Crippen LogP contribution >= 0.6 is 7.82 Å². The Morgan fingerprint density at radius 3 is 1.84 bits per heavy atom. The van der Waals surface area contributed by atoms with Crippen molar-refractivity contribution in [1.82, 2.24) is 0 Å². The predicted octanol–water partition coefficient (Wildman–Crippen LogP) is 9.91. The largest absolute Gasteiger partial charge is 0.472 e. The molecule has 0 fully saturated rings. The Morgan fingerprint density at radius 2 is 1.22 bits per heavy atom. The summed E-state index contributed by atoms with van der Waals surface area (Å²) in [7, 11) is -4.27. The lowest BCUT2D eigenvalue weighted by atomic mass is 10.1. The molecule has 0 amide bonds. The van der Waals surface area contributed by atoms with Gasteiger partial charge in [0.1, 0.15) is 6.10 Å². The highest BCUT2D eigenvalue weighted by molar-refractivity contribution is 7.47. The van der Waals surface area contributed by atoms with Gasteiger partial charge in [-0.3, -0.25) is 13.8 Å². The van der Waals surface area contributed by atoms with Gasteiger partial charge in [-0.15, -0.1) is 0 Å². The van der Waals surface area contributed by atoms with E-state index >= 15 is 0 Å². The van der Waals surface area contributed by atoms with Crippen LogP contribution in [0.2, 0.25) is 0 Å². The summed E-state index contributed by atoms with van der Waals surface area (Å²) in [4.78, 5) is 22.3. The normalized spacial score (nSPS) is 14.1. The number of unbranched alkanes of at least 4 members (excludes halogenated alkanes) is 15. The second kappa shape index (κ2) is 34.1. The van der Waals surface area contributed by atoms with Gasteiger partial charge in [0, 0.05) is 19.6 Å². The van der Waals surface area contributed by atoms with Crippen molar-refractivity contribution in [1.29, 1.82) is 0 Å². The first-order valence-electron chi connectivity index (χ1n) is 18.0. The molecule has 8 nitrogen and oxygen atoms in total. The fourth-order valence-electron chi connectivity index (χ4n) is 4.61. The number of phosphoric ester groups is 1. The molecule has 0 aromatic carbocycles. The molecule has 0 saturated heterocycles. The number of carbonyl (C=O) groups excluding carboxylic acids is 1. The first-order valence-corrected chi connectivity index (χ1v) is 19.5. The van der Waals surface area contributed by atoms with Crippen LogP contribution in [0.4, 0.5) is 0 Å². The monoisotopic (exact) mass is 657 g/mol. The number of carbonyl (C=O) groups is 1. The fraction of sp³-hybridized carbons (Fsp3) is 0.806. The van der Waals surface area contributed by atoms with Crippen LogP contribution in [0.5, 0.6) is 0 Å². The molecule has 2 atom stereocenters. The maximum atomic E-state index is 12.5.